The van der Waals surface area contributed by atoms with Crippen molar-refractivity contribution in [3.63, 3.8) is 0 Å². The highest BCUT2D eigenvalue weighted by atomic mass is 29.7. The Labute approximate surface area is 162 Å². The molecule has 0 heterocycles. The lowest BCUT2D eigenvalue weighted by Crippen LogP contribution is -2.77. The smallest absolute Gasteiger partial charge is 0.169 e. The van der Waals surface area contributed by atoms with Crippen LogP contribution in [0.5, 0.6) is 0 Å². The molecule has 1 aliphatic carbocycles. The van der Waals surface area contributed by atoms with Crippen molar-refractivity contribution in [1.29, 1.82) is 0 Å². The van der Waals surface area contributed by atoms with E-state index in [9.17, 15) is 0 Å². The number of allylic oxidation sites excluding steroid dienone is 2. The molecule has 0 aromatic rings. The van der Waals surface area contributed by atoms with Gasteiger partial charge in [-0.2, -0.15) is 0 Å². The molecule has 5 heteroatoms. The highest BCUT2D eigenvalue weighted by Crippen LogP contribution is 2.68. The van der Waals surface area contributed by atoms with Gasteiger partial charge in [-0.05, 0) is 30.5 Å². The van der Waals surface area contributed by atoms with Crippen LogP contribution < -0.4 is 0 Å². The molecule has 0 aromatic carbocycles. The third-order valence-electron chi connectivity index (χ3n) is 5.50. The lowest BCUT2D eigenvalue weighted by Gasteiger charge is -2.54. The van der Waals surface area contributed by atoms with E-state index in [0.717, 1.165) is 0 Å². The number of hydrogen-bond acceptors (Lipinski definition) is 1. The second kappa shape index (κ2) is 6.29. The van der Waals surface area contributed by atoms with E-state index in [4.69, 9.17) is 4.12 Å². The standard InChI is InChI=1S/C20H46OSi4/c1-19(2,3)16-17(20(4,5)6)18(16)25(23(10,11)12,24(13,14)15)21-22(7,8)9/h18H,1-15H3. The minimum atomic E-state index is -1.88. The first-order valence-corrected chi connectivity index (χ1v) is 24.4. The van der Waals surface area contributed by atoms with Crippen LogP contribution in [-0.4, -0.2) is 30.9 Å². The summed E-state index contributed by atoms with van der Waals surface area (Å²) in [5, 5.41) is 0. The molecule has 1 nitrogen and oxygen atoms in total. The van der Waals surface area contributed by atoms with Gasteiger partial charge < -0.3 is 4.12 Å². The molecule has 148 valence electrons. The zero-order chi connectivity index (χ0) is 20.4. The van der Waals surface area contributed by atoms with E-state index in [1.807, 2.05) is 0 Å². The van der Waals surface area contributed by atoms with Gasteiger partial charge in [0.25, 0.3) is 0 Å². The first-order chi connectivity index (χ1) is 10.6. The molecule has 0 bridgehead atoms. The van der Waals surface area contributed by atoms with Crippen LogP contribution in [-0.2, 0) is 4.12 Å². The summed E-state index contributed by atoms with van der Waals surface area (Å²) >= 11 is 0. The Kier molecular flexibility index (Phi) is 5.94. The highest BCUT2D eigenvalue weighted by Gasteiger charge is 2.70. The third-order valence-corrected chi connectivity index (χ3v) is 45.5. The van der Waals surface area contributed by atoms with Crippen LogP contribution in [0.3, 0.4) is 0 Å². The van der Waals surface area contributed by atoms with E-state index >= 15 is 0 Å². The molecule has 0 unspecified atom stereocenters. The molecule has 0 fully saturated rings. The van der Waals surface area contributed by atoms with Crippen molar-refractivity contribution in [2.24, 2.45) is 10.8 Å². The van der Waals surface area contributed by atoms with Crippen LogP contribution >= 0.6 is 0 Å². The molecule has 0 radical (unpaired) electrons. The van der Waals surface area contributed by atoms with Crippen LogP contribution in [0.25, 0.3) is 0 Å². The van der Waals surface area contributed by atoms with E-state index in [1.54, 1.807) is 11.1 Å². The molecule has 0 saturated heterocycles. The Morgan fingerprint density at radius 3 is 1.04 bits per heavy atom. The quantitative estimate of drug-likeness (QED) is 0.336. The first kappa shape index (κ1) is 23.6. The summed E-state index contributed by atoms with van der Waals surface area (Å²) in [5.74, 6) is 0. The van der Waals surface area contributed by atoms with Gasteiger partial charge in [-0.1, -0.05) is 92.0 Å². The van der Waals surface area contributed by atoms with Crippen molar-refractivity contribution in [3.8, 4) is 0 Å². The summed E-state index contributed by atoms with van der Waals surface area (Å²) in [5.41, 5.74) is 4.79. The third kappa shape index (κ3) is 4.53. The highest BCUT2D eigenvalue weighted by molar-refractivity contribution is 7.68. The minimum absolute atomic E-state index is 0.271. The van der Waals surface area contributed by atoms with Crippen LogP contribution in [0.4, 0.5) is 0 Å². The van der Waals surface area contributed by atoms with Crippen molar-refractivity contribution in [3.05, 3.63) is 11.1 Å². The van der Waals surface area contributed by atoms with Gasteiger partial charge >= 0.3 is 0 Å². The van der Waals surface area contributed by atoms with Crippen LogP contribution in [0.1, 0.15) is 41.5 Å². The SMILES string of the molecule is CC(C)(C)C1=C(C(C)(C)C)C1[Si](O[Si](C)(C)C)([Si](C)(C)C)[Si](C)(C)C. The van der Waals surface area contributed by atoms with Gasteiger partial charge in [0.2, 0.25) is 0 Å². The molecule has 1 rings (SSSR count). The Hall–Kier alpha value is 0.568. The van der Waals surface area contributed by atoms with Crippen LogP contribution in [0, 0.1) is 10.8 Å². The van der Waals surface area contributed by atoms with Gasteiger partial charge in [-0.25, -0.2) is 0 Å². The molecule has 0 atom stereocenters. The fourth-order valence-electron chi connectivity index (χ4n) is 5.14. The zero-order valence-electron chi connectivity index (χ0n) is 20.0. The molecule has 0 saturated carbocycles. The maximum absolute atomic E-state index is 7.49. The summed E-state index contributed by atoms with van der Waals surface area (Å²) in [6.45, 7) is 37.6. The van der Waals surface area contributed by atoms with E-state index < -0.39 is 30.9 Å². The van der Waals surface area contributed by atoms with Gasteiger partial charge in [0.05, 0.1) is 15.2 Å². The largest absolute Gasteiger partial charge is 0.459 e. The lowest BCUT2D eigenvalue weighted by atomic mass is 9.89. The molecule has 0 N–H and O–H groups in total. The van der Waals surface area contributed by atoms with E-state index in [0.29, 0.717) is 5.54 Å². The average molecular weight is 415 g/mol. The van der Waals surface area contributed by atoms with E-state index in [-0.39, 0.29) is 10.8 Å². The minimum Gasteiger partial charge on any atom is -0.459 e. The zero-order valence-corrected chi connectivity index (χ0v) is 24.0. The van der Waals surface area contributed by atoms with Crippen LogP contribution in [0.2, 0.25) is 64.5 Å². The number of hydrogen-bond donors (Lipinski definition) is 0. The Morgan fingerprint density at radius 2 is 0.880 bits per heavy atom. The number of rotatable bonds is 5. The normalized spacial score (nSPS) is 18.8. The van der Waals surface area contributed by atoms with Crippen molar-refractivity contribution in [2.45, 2.75) is 106 Å². The monoisotopic (exact) mass is 414 g/mol. The average Bonchev–Trinajstić information content (AvgIpc) is 2.94. The van der Waals surface area contributed by atoms with E-state index in [1.165, 1.54) is 0 Å². The predicted molar refractivity (Wildman–Crippen MR) is 127 cm³/mol. The summed E-state index contributed by atoms with van der Waals surface area (Å²) in [7, 11) is -6.39. The maximum atomic E-state index is 7.49. The predicted octanol–water partition coefficient (Wildman–Crippen LogP) is 7.39. The second-order valence-corrected chi connectivity index (χ2v) is 44.3. The molecular formula is C20H46OSi4. The Balaban J connectivity index is 3.71. The topological polar surface area (TPSA) is 9.23 Å². The summed E-state index contributed by atoms with van der Waals surface area (Å²) in [4.78, 5) is 0. The lowest BCUT2D eigenvalue weighted by molar-refractivity contribution is 0.502. The fraction of sp³-hybridized carbons (Fsp3) is 0.900. The summed E-state index contributed by atoms with van der Waals surface area (Å²) in [6.07, 6.45) is 0. The molecular weight excluding hydrogens is 369 g/mol. The van der Waals surface area contributed by atoms with Gasteiger partial charge in [0, 0.05) is 5.54 Å². The first-order valence-electron chi connectivity index (χ1n) is 10.0. The Bertz CT molecular complexity index is 505. The molecule has 1 aliphatic rings. The van der Waals surface area contributed by atoms with Crippen molar-refractivity contribution < 1.29 is 4.12 Å². The van der Waals surface area contributed by atoms with Crippen molar-refractivity contribution >= 4 is 30.9 Å². The molecule has 0 amide bonds. The van der Waals surface area contributed by atoms with Crippen molar-refractivity contribution in [2.75, 3.05) is 0 Å². The van der Waals surface area contributed by atoms with Gasteiger partial charge in [-0.3, -0.25) is 0 Å². The Morgan fingerprint density at radius 1 is 0.600 bits per heavy atom. The molecule has 0 aliphatic heterocycles. The molecule has 0 spiro atoms. The summed E-state index contributed by atoms with van der Waals surface area (Å²) < 4.78 is 7.49. The summed E-state index contributed by atoms with van der Waals surface area (Å²) in [6, 6.07) is 0. The second-order valence-electron chi connectivity index (χ2n) is 13.2. The van der Waals surface area contributed by atoms with Crippen LogP contribution in [0.15, 0.2) is 11.1 Å². The van der Waals surface area contributed by atoms with Gasteiger partial charge in [0.15, 0.2) is 15.7 Å². The molecule has 0 aromatic heterocycles. The van der Waals surface area contributed by atoms with E-state index in [2.05, 4.69) is 100 Å². The fourth-order valence-corrected chi connectivity index (χ4v) is 62.8. The van der Waals surface area contributed by atoms with Crippen molar-refractivity contribution in [1.82, 2.24) is 0 Å². The molecule has 25 heavy (non-hydrogen) atoms. The maximum Gasteiger partial charge on any atom is 0.169 e. The van der Waals surface area contributed by atoms with Gasteiger partial charge in [-0.15, -0.1) is 0 Å². The van der Waals surface area contributed by atoms with Gasteiger partial charge in [0.1, 0.15) is 0 Å².